The van der Waals surface area contributed by atoms with Crippen LogP contribution in [-0.4, -0.2) is 4.57 Å². The lowest BCUT2D eigenvalue weighted by Gasteiger charge is -2.32. The van der Waals surface area contributed by atoms with Gasteiger partial charge in [-0.05, 0) is 122 Å². The van der Waals surface area contributed by atoms with Gasteiger partial charge in [-0.2, -0.15) is 0 Å². The second-order valence-corrected chi connectivity index (χ2v) is 24.0. The average molecular weight is 954 g/mol. The maximum atomic E-state index is 2.56. The van der Waals surface area contributed by atoms with E-state index in [1.54, 1.807) is 0 Å². The molecule has 0 N–H and O–H groups in total. The molecule has 0 aliphatic heterocycles. The zero-order valence-electron chi connectivity index (χ0n) is 45.0. The van der Waals surface area contributed by atoms with E-state index in [1.165, 1.54) is 66.3 Å². The van der Waals surface area contributed by atoms with Crippen molar-refractivity contribution in [3.05, 3.63) is 235 Å². The van der Waals surface area contributed by atoms with Gasteiger partial charge in [0.25, 0.3) is 0 Å². The van der Waals surface area contributed by atoms with Crippen LogP contribution < -0.4 is 9.80 Å². The van der Waals surface area contributed by atoms with Crippen molar-refractivity contribution in [3.63, 3.8) is 0 Å². The highest BCUT2D eigenvalue weighted by molar-refractivity contribution is 6.17. The van der Waals surface area contributed by atoms with Crippen LogP contribution in [0.2, 0.25) is 0 Å². The van der Waals surface area contributed by atoms with Crippen LogP contribution in [0.1, 0.15) is 105 Å². The van der Waals surface area contributed by atoms with Gasteiger partial charge < -0.3 is 14.4 Å². The van der Waals surface area contributed by atoms with Gasteiger partial charge in [0.15, 0.2) is 0 Å². The van der Waals surface area contributed by atoms with Gasteiger partial charge >= 0.3 is 0 Å². The van der Waals surface area contributed by atoms with E-state index in [1.807, 2.05) is 0 Å². The van der Waals surface area contributed by atoms with Crippen LogP contribution >= 0.6 is 0 Å². The second-order valence-electron chi connectivity index (χ2n) is 24.0. The Morgan fingerprint density at radius 3 is 0.836 bits per heavy atom. The van der Waals surface area contributed by atoms with Crippen LogP contribution in [0.5, 0.6) is 0 Å². The van der Waals surface area contributed by atoms with Gasteiger partial charge in [0.05, 0.1) is 28.1 Å². The van der Waals surface area contributed by atoms with E-state index >= 15 is 0 Å². The molecule has 10 rings (SSSR count). The summed E-state index contributed by atoms with van der Waals surface area (Å²) in [7, 11) is 0. The minimum atomic E-state index is -0.000161. The van der Waals surface area contributed by atoms with Crippen molar-refractivity contribution in [1.29, 1.82) is 0 Å². The number of aromatic nitrogens is 1. The molecule has 3 heteroatoms. The number of fused-ring (bicyclic) bond motifs is 3. The summed E-state index contributed by atoms with van der Waals surface area (Å²) in [5, 5.41) is 2.42. The summed E-state index contributed by atoms with van der Waals surface area (Å²) in [6.07, 6.45) is 0. The molecule has 0 fully saturated rings. The second kappa shape index (κ2) is 18.8. The van der Waals surface area contributed by atoms with E-state index in [-0.39, 0.29) is 21.7 Å². The molecule has 1 aromatic heterocycles. The topological polar surface area (TPSA) is 11.4 Å². The molecule has 0 radical (unpaired) electrons. The molecule has 73 heavy (non-hydrogen) atoms. The molecule has 0 amide bonds. The predicted octanol–water partition coefficient (Wildman–Crippen LogP) is 20.2. The largest absolute Gasteiger partial charge is 0.310 e. The zero-order chi connectivity index (χ0) is 51.5. The van der Waals surface area contributed by atoms with Gasteiger partial charge in [0, 0.05) is 44.6 Å². The van der Waals surface area contributed by atoms with Crippen molar-refractivity contribution in [2.75, 3.05) is 9.80 Å². The first-order valence-electron chi connectivity index (χ1n) is 26.1. The summed E-state index contributed by atoms with van der Waals surface area (Å²) in [4.78, 5) is 4.92. The smallest absolute Gasteiger partial charge is 0.0619 e. The molecular weight excluding hydrogens is 883 g/mol. The van der Waals surface area contributed by atoms with Crippen molar-refractivity contribution in [2.24, 2.45) is 0 Å². The van der Waals surface area contributed by atoms with Crippen molar-refractivity contribution >= 4 is 55.9 Å². The number of nitrogens with zero attached hydrogens (tertiary/aromatic N) is 3. The van der Waals surface area contributed by atoms with E-state index in [9.17, 15) is 0 Å². The van der Waals surface area contributed by atoms with Gasteiger partial charge in [0.2, 0.25) is 0 Å². The first kappa shape index (κ1) is 49.0. The number of rotatable bonds is 9. The highest BCUT2D eigenvalue weighted by Gasteiger charge is 2.26. The van der Waals surface area contributed by atoms with E-state index in [2.05, 4.69) is 310 Å². The molecule has 0 saturated heterocycles. The summed E-state index contributed by atoms with van der Waals surface area (Å²) >= 11 is 0. The molecule has 0 aliphatic rings. The Morgan fingerprint density at radius 1 is 0.274 bits per heavy atom. The fraction of sp³-hybridized carbons (Fsp3) is 0.229. The Morgan fingerprint density at radius 2 is 0.562 bits per heavy atom. The van der Waals surface area contributed by atoms with Gasteiger partial charge in [-0.15, -0.1) is 0 Å². The molecule has 0 unspecified atom stereocenters. The molecule has 0 spiro atoms. The van der Waals surface area contributed by atoms with Crippen LogP contribution in [-0.2, 0) is 21.7 Å². The molecule has 9 aromatic carbocycles. The van der Waals surface area contributed by atoms with Gasteiger partial charge in [-0.25, -0.2) is 0 Å². The molecule has 1 heterocycles. The van der Waals surface area contributed by atoms with Crippen LogP contribution in [0.4, 0.5) is 34.1 Å². The number of hydrogen-bond acceptors (Lipinski definition) is 2. The summed E-state index contributed by atoms with van der Waals surface area (Å²) in [6, 6.07) is 79.6. The third-order valence-electron chi connectivity index (χ3n) is 14.6. The lowest BCUT2D eigenvalue weighted by atomic mass is 9.86. The number of benzene rings is 9. The third-order valence-corrected chi connectivity index (χ3v) is 14.6. The lowest BCUT2D eigenvalue weighted by molar-refractivity contribution is 0.590. The highest BCUT2D eigenvalue weighted by atomic mass is 15.2. The van der Waals surface area contributed by atoms with Crippen LogP contribution in [0, 0.1) is 0 Å². The Labute approximate surface area is 435 Å². The standard InChI is InChI=1S/C70H71N3/c1-67(2,3)50-29-37-54(38-30-50)71(55-39-31-51(32-40-55)68(4,5)6)58-45-59(72(56-41-33-52(34-42-56)69(7,8)9)57-43-35-53(36-44-57)70(10,11)12)47-60(46-58)73-65-61(48-21-15-13-16-22-48)25-19-27-63(65)64-28-20-26-62(66(64)73)49-23-17-14-18-24-49/h13-47H,1-12H3. The molecule has 10 aromatic rings. The van der Waals surface area contributed by atoms with Gasteiger partial charge in [-0.3, -0.25) is 0 Å². The molecule has 0 bridgehead atoms. The summed E-state index contributed by atoms with van der Waals surface area (Å²) in [5.74, 6) is 0. The summed E-state index contributed by atoms with van der Waals surface area (Å²) in [6.45, 7) is 27.5. The van der Waals surface area contributed by atoms with Gasteiger partial charge in [0.1, 0.15) is 0 Å². The molecule has 3 nitrogen and oxygen atoms in total. The summed E-state index contributed by atoms with van der Waals surface area (Å²) < 4.78 is 2.56. The average Bonchev–Trinajstić information content (AvgIpc) is 3.72. The van der Waals surface area contributed by atoms with E-state index < -0.39 is 0 Å². The normalized spacial score (nSPS) is 12.4. The number of anilines is 6. The van der Waals surface area contributed by atoms with Crippen LogP contribution in [0.3, 0.4) is 0 Å². The minimum Gasteiger partial charge on any atom is -0.310 e. The van der Waals surface area contributed by atoms with E-state index in [0.29, 0.717) is 0 Å². The maximum absolute atomic E-state index is 2.56. The monoisotopic (exact) mass is 954 g/mol. The SMILES string of the molecule is CC(C)(C)c1ccc(N(c2ccc(C(C)(C)C)cc2)c2cc(N(c3ccc(C(C)(C)C)cc3)c3ccc(C(C)(C)C)cc3)cc(-n3c4c(-c5ccccc5)cccc4c4cccc(-c5ccccc5)c43)c2)cc1. The quantitative estimate of drug-likeness (QED) is 0.143. The fourth-order valence-electron chi connectivity index (χ4n) is 10.4. The van der Waals surface area contributed by atoms with Crippen molar-refractivity contribution in [2.45, 2.75) is 105 Å². The first-order chi connectivity index (χ1) is 34.7. The van der Waals surface area contributed by atoms with E-state index in [0.717, 1.165) is 39.8 Å². The van der Waals surface area contributed by atoms with Crippen LogP contribution in [0.25, 0.3) is 49.7 Å². The maximum Gasteiger partial charge on any atom is 0.0619 e. The van der Waals surface area contributed by atoms with Gasteiger partial charge in [-0.1, -0.05) is 229 Å². The molecule has 0 aliphatic carbocycles. The molecule has 0 saturated carbocycles. The first-order valence-corrected chi connectivity index (χ1v) is 26.1. The molecular formula is C70H71N3. The van der Waals surface area contributed by atoms with Crippen LogP contribution in [0.15, 0.2) is 212 Å². The highest BCUT2D eigenvalue weighted by Crippen LogP contribution is 2.47. The third kappa shape index (κ3) is 9.74. The molecule has 366 valence electrons. The number of hydrogen-bond donors (Lipinski definition) is 0. The minimum absolute atomic E-state index is 0.000161. The zero-order valence-corrected chi connectivity index (χ0v) is 45.0. The Bertz CT molecular complexity index is 3190. The lowest BCUT2D eigenvalue weighted by Crippen LogP contribution is -2.17. The Balaban J connectivity index is 1.35. The van der Waals surface area contributed by atoms with Crippen molar-refractivity contribution < 1.29 is 0 Å². The Hall–Kier alpha value is -7.62. The van der Waals surface area contributed by atoms with E-state index in [4.69, 9.17) is 0 Å². The Kier molecular flexibility index (Phi) is 12.6. The fourth-order valence-corrected chi connectivity index (χ4v) is 10.4. The van der Waals surface area contributed by atoms with Crippen molar-refractivity contribution in [3.8, 4) is 27.9 Å². The van der Waals surface area contributed by atoms with Crippen molar-refractivity contribution in [1.82, 2.24) is 4.57 Å². The summed E-state index contributed by atoms with van der Waals surface area (Å²) in [5.41, 5.74) is 19.7. The molecule has 0 atom stereocenters. The predicted molar refractivity (Wildman–Crippen MR) is 316 cm³/mol. The number of para-hydroxylation sites is 2.